The van der Waals surface area contributed by atoms with Gasteiger partial charge in [0.1, 0.15) is 19.0 Å². The molecular weight excluding hydrogens is 472 g/mol. The number of nitrogens with zero attached hydrogens (tertiary/aromatic N) is 2. The lowest BCUT2D eigenvalue weighted by Gasteiger charge is -2.30. The second kappa shape index (κ2) is 11.1. The van der Waals surface area contributed by atoms with E-state index < -0.39 is 28.7 Å². The molecule has 2 heterocycles. The number of nitro benzene ring substituents is 1. The number of pyridine rings is 1. The smallest absolute Gasteiger partial charge is 0.339 e. The molecule has 0 saturated heterocycles. The van der Waals surface area contributed by atoms with Gasteiger partial charge in [-0.15, -0.1) is 0 Å². The molecule has 36 heavy (non-hydrogen) atoms. The van der Waals surface area contributed by atoms with Crippen LogP contribution in [0.1, 0.15) is 35.7 Å². The number of para-hydroxylation sites is 1. The number of aromatic nitrogens is 1. The Labute approximate surface area is 205 Å². The number of nitrogens with two attached hydrogens (primary N) is 1. The SMILES string of the molecule is COC(=O)C1=C(C)NC(C)=C(C(=O)OCCOC(=O)c2ccc(N)nc2)C1c1ccccc1[N+](=O)[O-]. The van der Waals surface area contributed by atoms with Crippen LogP contribution in [0.15, 0.2) is 65.1 Å². The Morgan fingerprint density at radius 1 is 1.00 bits per heavy atom. The minimum atomic E-state index is -1.13. The molecule has 3 N–H and O–H groups in total. The number of nitrogen functional groups attached to an aromatic ring is 1. The molecule has 0 amide bonds. The summed E-state index contributed by atoms with van der Waals surface area (Å²) in [4.78, 5) is 52.9. The molecule has 0 fully saturated rings. The molecule has 1 aliphatic heterocycles. The molecule has 1 aromatic heterocycles. The number of nitro groups is 1. The summed E-state index contributed by atoms with van der Waals surface area (Å²) in [5, 5.41) is 14.7. The van der Waals surface area contributed by atoms with Gasteiger partial charge in [0.15, 0.2) is 0 Å². The number of carbonyl (C=O) groups is 3. The first-order valence-corrected chi connectivity index (χ1v) is 10.7. The minimum absolute atomic E-state index is 0.00985. The summed E-state index contributed by atoms with van der Waals surface area (Å²) in [6.45, 7) is 2.63. The highest BCUT2D eigenvalue weighted by atomic mass is 16.6. The molecular formula is C24H24N4O8. The van der Waals surface area contributed by atoms with Gasteiger partial charge in [-0.25, -0.2) is 19.4 Å². The van der Waals surface area contributed by atoms with Crippen molar-refractivity contribution in [2.45, 2.75) is 19.8 Å². The largest absolute Gasteiger partial charge is 0.466 e. The Bertz CT molecular complexity index is 1270. The number of methoxy groups -OCH3 is 1. The standard InChI is InChI=1S/C24H24N4O8/c1-13-19(23(30)34-3)21(16-6-4-5-7-17(16)28(32)33)20(14(2)27-13)24(31)36-11-10-35-22(29)15-8-9-18(25)26-12-15/h4-9,12,21,27H,10-11H2,1-3H3,(H2,25,26). The normalized spacial score (nSPS) is 15.1. The number of rotatable bonds is 8. The van der Waals surface area contributed by atoms with Crippen LogP contribution >= 0.6 is 0 Å². The van der Waals surface area contributed by atoms with Crippen molar-refractivity contribution in [2.75, 3.05) is 26.1 Å². The summed E-state index contributed by atoms with van der Waals surface area (Å²) < 4.78 is 15.3. The quantitative estimate of drug-likeness (QED) is 0.181. The highest BCUT2D eigenvalue weighted by molar-refractivity contribution is 6.00. The summed E-state index contributed by atoms with van der Waals surface area (Å²) in [6.07, 6.45) is 1.26. The highest BCUT2D eigenvalue weighted by Gasteiger charge is 2.40. The van der Waals surface area contributed by atoms with E-state index in [4.69, 9.17) is 19.9 Å². The number of hydrogen-bond acceptors (Lipinski definition) is 11. The van der Waals surface area contributed by atoms with E-state index in [0.717, 1.165) is 0 Å². The van der Waals surface area contributed by atoms with Crippen LogP contribution in [0.25, 0.3) is 0 Å². The first-order valence-electron chi connectivity index (χ1n) is 10.7. The maximum atomic E-state index is 13.2. The number of anilines is 1. The van der Waals surface area contributed by atoms with Crippen molar-refractivity contribution in [3.8, 4) is 0 Å². The average Bonchev–Trinajstić information content (AvgIpc) is 2.85. The van der Waals surface area contributed by atoms with Crippen LogP contribution < -0.4 is 11.1 Å². The molecule has 188 valence electrons. The third-order valence-corrected chi connectivity index (χ3v) is 5.40. The van der Waals surface area contributed by atoms with Gasteiger partial charge in [0, 0.05) is 29.2 Å². The fraction of sp³-hybridized carbons (Fsp3) is 0.250. The van der Waals surface area contributed by atoms with E-state index in [0.29, 0.717) is 11.4 Å². The molecule has 12 nitrogen and oxygen atoms in total. The molecule has 1 aromatic carbocycles. The molecule has 2 aromatic rings. The number of allylic oxidation sites excluding steroid dienone is 2. The zero-order chi connectivity index (χ0) is 26.4. The van der Waals surface area contributed by atoms with Crippen LogP contribution in [-0.4, -0.2) is 48.1 Å². The first-order chi connectivity index (χ1) is 17.1. The van der Waals surface area contributed by atoms with Crippen LogP contribution in [-0.2, 0) is 23.8 Å². The van der Waals surface area contributed by atoms with Crippen molar-refractivity contribution in [3.05, 3.63) is 86.4 Å². The predicted molar refractivity (Wildman–Crippen MR) is 126 cm³/mol. The number of hydrogen-bond donors (Lipinski definition) is 2. The molecule has 0 aliphatic carbocycles. The molecule has 12 heteroatoms. The summed E-state index contributed by atoms with van der Waals surface area (Å²) >= 11 is 0. The fourth-order valence-corrected chi connectivity index (χ4v) is 3.81. The minimum Gasteiger partial charge on any atom is -0.466 e. The van der Waals surface area contributed by atoms with Crippen molar-refractivity contribution >= 4 is 29.4 Å². The summed E-state index contributed by atoms with van der Waals surface area (Å²) in [6, 6.07) is 8.69. The maximum absolute atomic E-state index is 13.2. The lowest BCUT2D eigenvalue weighted by Crippen LogP contribution is -2.33. The van der Waals surface area contributed by atoms with E-state index in [1.807, 2.05) is 0 Å². The summed E-state index contributed by atoms with van der Waals surface area (Å²) in [7, 11) is 1.17. The van der Waals surface area contributed by atoms with E-state index in [9.17, 15) is 24.5 Å². The van der Waals surface area contributed by atoms with Crippen molar-refractivity contribution in [1.82, 2.24) is 10.3 Å². The summed E-state index contributed by atoms with van der Waals surface area (Å²) in [5.41, 5.74) is 6.26. The molecule has 0 saturated carbocycles. The lowest BCUT2D eigenvalue weighted by molar-refractivity contribution is -0.385. The number of nitrogens with one attached hydrogen (secondary N) is 1. The van der Waals surface area contributed by atoms with E-state index in [-0.39, 0.29) is 47.0 Å². The zero-order valence-corrected chi connectivity index (χ0v) is 19.8. The molecule has 3 rings (SSSR count). The lowest BCUT2D eigenvalue weighted by atomic mass is 9.79. The highest BCUT2D eigenvalue weighted by Crippen LogP contribution is 2.42. The van der Waals surface area contributed by atoms with Gasteiger partial charge >= 0.3 is 17.9 Å². The monoisotopic (exact) mass is 496 g/mol. The molecule has 1 aliphatic rings. The molecule has 1 atom stereocenters. The van der Waals surface area contributed by atoms with Gasteiger partial charge < -0.3 is 25.3 Å². The number of dihydropyridines is 1. The van der Waals surface area contributed by atoms with Gasteiger partial charge in [0.25, 0.3) is 5.69 Å². The molecule has 0 spiro atoms. The maximum Gasteiger partial charge on any atom is 0.339 e. The Hall–Kier alpha value is -4.74. The van der Waals surface area contributed by atoms with Gasteiger partial charge in [0.2, 0.25) is 0 Å². The van der Waals surface area contributed by atoms with Crippen LogP contribution in [0.5, 0.6) is 0 Å². The number of benzene rings is 1. The Morgan fingerprint density at radius 2 is 1.61 bits per heavy atom. The second-order valence-corrected chi connectivity index (χ2v) is 7.69. The fourth-order valence-electron chi connectivity index (χ4n) is 3.81. The molecule has 1 unspecified atom stereocenters. The van der Waals surface area contributed by atoms with Gasteiger partial charge in [-0.2, -0.15) is 0 Å². The Morgan fingerprint density at radius 3 is 2.19 bits per heavy atom. The van der Waals surface area contributed by atoms with E-state index in [1.165, 1.54) is 43.6 Å². The Balaban J connectivity index is 1.84. The Kier molecular flexibility index (Phi) is 8.00. The number of carbonyl (C=O) groups excluding carboxylic acids is 3. The van der Waals surface area contributed by atoms with Crippen LogP contribution in [0.2, 0.25) is 0 Å². The molecule has 0 bridgehead atoms. The van der Waals surface area contributed by atoms with Gasteiger partial charge in [0.05, 0.1) is 34.7 Å². The van der Waals surface area contributed by atoms with Gasteiger partial charge in [-0.1, -0.05) is 18.2 Å². The van der Waals surface area contributed by atoms with Crippen LogP contribution in [0.4, 0.5) is 11.5 Å². The van der Waals surface area contributed by atoms with E-state index in [1.54, 1.807) is 19.9 Å². The van der Waals surface area contributed by atoms with Crippen molar-refractivity contribution in [2.24, 2.45) is 0 Å². The number of ether oxygens (including phenoxy) is 3. The van der Waals surface area contributed by atoms with Crippen molar-refractivity contribution in [3.63, 3.8) is 0 Å². The van der Waals surface area contributed by atoms with Crippen LogP contribution in [0, 0.1) is 10.1 Å². The molecule has 0 radical (unpaired) electrons. The zero-order valence-electron chi connectivity index (χ0n) is 19.8. The van der Waals surface area contributed by atoms with Crippen LogP contribution in [0.3, 0.4) is 0 Å². The third kappa shape index (κ3) is 5.49. The van der Waals surface area contributed by atoms with Gasteiger partial charge in [-0.05, 0) is 26.0 Å². The first kappa shape index (κ1) is 25.9. The predicted octanol–water partition coefficient (Wildman–Crippen LogP) is 2.38. The number of esters is 3. The van der Waals surface area contributed by atoms with E-state index in [2.05, 4.69) is 10.3 Å². The van der Waals surface area contributed by atoms with Crippen molar-refractivity contribution < 1.29 is 33.5 Å². The second-order valence-electron chi connectivity index (χ2n) is 7.69. The summed E-state index contributed by atoms with van der Waals surface area (Å²) in [5.74, 6) is -3.17. The topological polar surface area (TPSA) is 173 Å². The van der Waals surface area contributed by atoms with E-state index >= 15 is 0 Å². The van der Waals surface area contributed by atoms with Crippen molar-refractivity contribution in [1.29, 1.82) is 0 Å². The third-order valence-electron chi connectivity index (χ3n) is 5.40. The average molecular weight is 496 g/mol. The van der Waals surface area contributed by atoms with Gasteiger partial charge in [-0.3, -0.25) is 10.1 Å².